The van der Waals surface area contributed by atoms with Gasteiger partial charge in [0.05, 0.1) is 39.3 Å². The minimum atomic E-state index is -1.52. The lowest BCUT2D eigenvalue weighted by atomic mass is 10.0. The third-order valence-electron chi connectivity index (χ3n) is 19.2. The summed E-state index contributed by atoms with van der Waals surface area (Å²) >= 11 is 0. The van der Waals surface area contributed by atoms with Crippen molar-refractivity contribution in [1.29, 1.82) is 0 Å². The highest BCUT2D eigenvalue weighted by atomic mass is 16.4. The number of benzene rings is 1. The number of carbonyl (C=O) groups is 12. The number of amides is 3. The van der Waals surface area contributed by atoms with E-state index in [0.29, 0.717) is 101 Å². The molecule has 2 aliphatic rings. The molecule has 618 valence electrons. The van der Waals surface area contributed by atoms with Gasteiger partial charge in [-0.15, -0.1) is 0 Å². The van der Waals surface area contributed by atoms with Crippen molar-refractivity contribution in [2.45, 2.75) is 172 Å². The zero-order valence-electron chi connectivity index (χ0n) is 63.1. The molecule has 1 unspecified atom stereocenters. The van der Waals surface area contributed by atoms with E-state index in [1.807, 2.05) is 34.1 Å². The number of nitrogens with zero attached hydrogens (tertiary/aromatic N) is 14. The molecule has 5 heterocycles. The fourth-order valence-corrected chi connectivity index (χ4v) is 13.4. The molecular weight excluding hydrogens is 1470 g/mol. The molecule has 4 atom stereocenters. The minimum Gasteiger partial charge on any atom is -0.481 e. The number of carboxylic acid groups (broad SMARTS) is 10. The molecule has 40 heteroatoms. The molecule has 0 spiro atoms. The molecule has 0 aliphatic carbocycles. The molecule has 0 bridgehead atoms. The van der Waals surface area contributed by atoms with Gasteiger partial charge in [-0.1, -0.05) is 62.8 Å². The Balaban J connectivity index is 1.06. The number of anilines is 2. The molecular formula is C72H108N18O22. The highest BCUT2D eigenvalue weighted by Crippen LogP contribution is 2.22. The molecule has 2 aliphatic heterocycles. The highest BCUT2D eigenvalue weighted by molar-refractivity contribution is 5.86. The number of hydrogen-bond donors (Lipinski definition) is 14. The molecule has 2 saturated heterocycles. The Kier molecular flexibility index (Phi) is 38.9. The molecule has 3 amide bonds. The van der Waals surface area contributed by atoms with Gasteiger partial charge in [-0.05, 0) is 88.4 Å². The number of carboxylic acids is 10. The fraction of sp³-hybridized carbons (Fsp3) is 0.625. The number of carbonyl (C=O) groups excluding carboxylic acids is 2. The first-order valence-electron chi connectivity index (χ1n) is 37.8. The van der Waals surface area contributed by atoms with Crippen molar-refractivity contribution in [2.24, 2.45) is 0 Å². The van der Waals surface area contributed by atoms with Crippen LogP contribution in [0.3, 0.4) is 0 Å². The molecule has 40 nitrogen and oxygen atoms in total. The van der Waals surface area contributed by atoms with Gasteiger partial charge in [0.15, 0.2) is 0 Å². The minimum absolute atomic E-state index is 0.0159. The number of piperazine rings is 1. The van der Waals surface area contributed by atoms with Crippen LogP contribution >= 0.6 is 0 Å². The lowest BCUT2D eigenvalue weighted by molar-refractivity contribution is -0.142. The molecule has 3 aromatic heterocycles. The van der Waals surface area contributed by atoms with Crippen molar-refractivity contribution >= 4 is 83.5 Å². The van der Waals surface area contributed by atoms with Gasteiger partial charge in [-0.25, -0.2) is 29.1 Å². The van der Waals surface area contributed by atoms with Gasteiger partial charge < -0.3 is 86.4 Å². The molecule has 4 aromatic rings. The summed E-state index contributed by atoms with van der Waals surface area (Å²) in [6, 6.07) is 1.74. The topological polar surface area (TPSA) is 552 Å². The summed E-state index contributed by atoms with van der Waals surface area (Å²) in [5.41, 5.74) is 1.51. The second-order valence-electron chi connectivity index (χ2n) is 28.1. The van der Waals surface area contributed by atoms with E-state index >= 15 is 0 Å². The lowest BCUT2D eigenvalue weighted by Gasteiger charge is -2.37. The van der Waals surface area contributed by atoms with Crippen molar-refractivity contribution < 1.29 is 109 Å². The highest BCUT2D eigenvalue weighted by Gasteiger charge is 2.31. The van der Waals surface area contributed by atoms with Gasteiger partial charge >= 0.3 is 65.7 Å². The predicted molar refractivity (Wildman–Crippen MR) is 399 cm³/mol. The Morgan fingerprint density at radius 1 is 0.455 bits per heavy atom. The summed E-state index contributed by atoms with van der Waals surface area (Å²) < 4.78 is 2.98. The van der Waals surface area contributed by atoms with E-state index in [0.717, 1.165) is 62.6 Å². The van der Waals surface area contributed by atoms with Crippen LogP contribution in [0.1, 0.15) is 138 Å². The summed E-state index contributed by atoms with van der Waals surface area (Å²) in [6.45, 7) is 3.00. The number of aliphatic carboxylic acids is 10. The van der Waals surface area contributed by atoms with Crippen LogP contribution in [0, 0.1) is 0 Å². The van der Waals surface area contributed by atoms with E-state index in [-0.39, 0.29) is 129 Å². The van der Waals surface area contributed by atoms with E-state index in [1.165, 1.54) is 21.5 Å². The third kappa shape index (κ3) is 35.2. The molecule has 2 fully saturated rings. The number of imidazole rings is 2. The Bertz CT molecular complexity index is 3650. The third-order valence-corrected chi connectivity index (χ3v) is 19.2. The molecule has 14 N–H and O–H groups in total. The number of rotatable bonds is 52. The van der Waals surface area contributed by atoms with Crippen LogP contribution in [-0.4, -0.2) is 328 Å². The SMILES string of the molecule is O=C(O)CC[C@H](NC(=O)N[C@@H](CCCCNC(=O)CCCCCCCCCCN1CCN(c2nc(Cc3ccc(CC4CN(CC(=O)O)CCN(CC(=O)O)CCN(CC(=O)O)CCN4CC(=O)O)cc3)nc(N[C@H](CCCCN(Cc3nccn3CC(=O)O)Cc3nccn3CC(=O)O)C(=O)O)n2)CC1)C(=O)O)C(=O)O. The van der Waals surface area contributed by atoms with Crippen molar-refractivity contribution in [3.05, 3.63) is 77.7 Å². The van der Waals surface area contributed by atoms with Gasteiger partial charge in [0, 0.05) is 129 Å². The summed E-state index contributed by atoms with van der Waals surface area (Å²) in [5, 5.41) is 107. The van der Waals surface area contributed by atoms with Gasteiger partial charge in [0.25, 0.3) is 0 Å². The molecule has 0 radical (unpaired) electrons. The van der Waals surface area contributed by atoms with E-state index in [2.05, 4.69) is 36.1 Å². The standard InChI is InChI=1S/C72H108N18O22/c91-59(75-22-10-8-13-54(68(108)109)77-72(112)78-55(69(110)111)20-21-60(92)93)15-7-5-3-1-2-4-6-11-25-82-33-36-87(37-34-82)71-80-56(79-70(81-71)76-53(67(106)107)14-9-12-26-85(42-57-73-23-27-89(57)48-65(102)103)43-58-74-24-28-90(58)49-66(104)105)40-51-18-16-50(17-19-51)39-52-41-86(46-63(98)99)32-31-83(44-61(94)95)29-30-84(45-62(96)97)35-38-88(52)47-64(100)101/h16-19,23-24,27-28,52-55H,1-15,20-22,25-26,29-49H2,(H,75,91)(H,92,93)(H,94,95)(H,96,97)(H,98,99)(H,100,101)(H,102,103)(H,104,105)(H,106,107)(H,108,109)(H,110,111)(H2,77,78,112)(H,76,79,80,81)/t52?,53-,54+,55+/m1/s1. The number of aromatic nitrogens is 7. The second kappa shape index (κ2) is 48.3. The van der Waals surface area contributed by atoms with E-state index in [9.17, 15) is 103 Å². The number of hydrogen-bond acceptors (Lipinski definition) is 25. The lowest BCUT2D eigenvalue weighted by Crippen LogP contribution is -2.53. The van der Waals surface area contributed by atoms with Crippen LogP contribution in [0.25, 0.3) is 0 Å². The zero-order chi connectivity index (χ0) is 81.5. The maximum absolute atomic E-state index is 13.1. The largest absolute Gasteiger partial charge is 0.481 e. The number of unbranched alkanes of at least 4 members (excludes halogenated alkanes) is 9. The second-order valence-corrected chi connectivity index (χ2v) is 28.1. The van der Waals surface area contributed by atoms with E-state index < -0.39 is 109 Å². The van der Waals surface area contributed by atoms with Crippen molar-refractivity contribution in [3.8, 4) is 0 Å². The Labute approximate surface area is 647 Å². The van der Waals surface area contributed by atoms with Crippen molar-refractivity contribution in [2.75, 3.05) is 128 Å². The monoisotopic (exact) mass is 1580 g/mol. The number of urea groups is 1. The van der Waals surface area contributed by atoms with Crippen LogP contribution < -0.4 is 26.2 Å². The first kappa shape index (κ1) is 90.3. The van der Waals surface area contributed by atoms with Crippen LogP contribution in [0.2, 0.25) is 0 Å². The normalized spacial score (nSPS) is 15.9. The first-order chi connectivity index (χ1) is 53.5. The Morgan fingerprint density at radius 3 is 1.48 bits per heavy atom. The maximum Gasteiger partial charge on any atom is 0.326 e. The average Bonchev–Trinajstić information content (AvgIpc) is 1.03. The van der Waals surface area contributed by atoms with Crippen LogP contribution in [0.5, 0.6) is 0 Å². The smallest absolute Gasteiger partial charge is 0.326 e. The van der Waals surface area contributed by atoms with Crippen LogP contribution in [0.4, 0.5) is 16.7 Å². The van der Waals surface area contributed by atoms with Gasteiger partial charge in [-0.2, -0.15) is 15.0 Å². The summed E-state index contributed by atoms with van der Waals surface area (Å²) in [6.07, 6.45) is 15.3. The quantitative estimate of drug-likeness (QED) is 0.0276. The predicted octanol–water partition coefficient (Wildman–Crippen LogP) is 1.22. The first-order valence-corrected chi connectivity index (χ1v) is 37.8. The molecule has 0 saturated carbocycles. The summed E-state index contributed by atoms with van der Waals surface area (Å²) in [4.78, 5) is 180. The fourth-order valence-electron chi connectivity index (χ4n) is 13.4. The maximum atomic E-state index is 13.1. The summed E-state index contributed by atoms with van der Waals surface area (Å²) in [7, 11) is 0. The Hall–Kier alpha value is -10.5. The Morgan fingerprint density at radius 2 is 0.938 bits per heavy atom. The average molecular weight is 1580 g/mol. The molecule has 1 aromatic carbocycles. The van der Waals surface area contributed by atoms with Crippen LogP contribution in [-0.2, 0) is 91.8 Å². The zero-order valence-corrected chi connectivity index (χ0v) is 63.1. The van der Waals surface area contributed by atoms with Gasteiger partial charge in [0.1, 0.15) is 48.7 Å². The van der Waals surface area contributed by atoms with Crippen molar-refractivity contribution in [3.63, 3.8) is 0 Å². The van der Waals surface area contributed by atoms with E-state index in [4.69, 9.17) is 20.1 Å². The molecule has 112 heavy (non-hydrogen) atoms. The number of nitrogens with one attached hydrogen (secondary N) is 4. The van der Waals surface area contributed by atoms with Gasteiger partial charge in [0.2, 0.25) is 17.8 Å². The van der Waals surface area contributed by atoms with Crippen LogP contribution in [0.15, 0.2) is 49.1 Å². The summed E-state index contributed by atoms with van der Waals surface area (Å²) in [5.74, 6) is -10.4. The van der Waals surface area contributed by atoms with Crippen molar-refractivity contribution in [1.82, 2.24) is 79.4 Å². The molecule has 6 rings (SSSR count). The van der Waals surface area contributed by atoms with Gasteiger partial charge in [-0.3, -0.25) is 67.8 Å². The van der Waals surface area contributed by atoms with E-state index in [1.54, 1.807) is 32.0 Å².